The molecule has 0 saturated heterocycles. The SMILES string of the molecule is CSCC(C)NC(=O)NCC(C)C(=O)O. The Morgan fingerprint density at radius 3 is 2.47 bits per heavy atom. The number of carboxylic acid groups (broad SMARTS) is 1. The Bertz CT molecular complexity index is 223. The van der Waals surface area contributed by atoms with Gasteiger partial charge in [-0.05, 0) is 13.2 Å². The minimum Gasteiger partial charge on any atom is -0.481 e. The minimum atomic E-state index is -0.910. The lowest BCUT2D eigenvalue weighted by Crippen LogP contribution is -2.43. The highest BCUT2D eigenvalue weighted by molar-refractivity contribution is 7.98. The molecule has 6 heteroatoms. The Morgan fingerprint density at radius 1 is 1.40 bits per heavy atom. The van der Waals surface area contributed by atoms with Crippen LogP contribution in [0.4, 0.5) is 4.79 Å². The second-order valence-corrected chi connectivity index (χ2v) is 4.36. The van der Waals surface area contributed by atoms with Crippen molar-refractivity contribution in [1.82, 2.24) is 10.6 Å². The molecule has 0 aliphatic heterocycles. The molecule has 0 spiro atoms. The van der Waals surface area contributed by atoms with E-state index in [0.29, 0.717) is 0 Å². The van der Waals surface area contributed by atoms with Gasteiger partial charge in [-0.25, -0.2) is 4.79 Å². The van der Waals surface area contributed by atoms with E-state index >= 15 is 0 Å². The van der Waals surface area contributed by atoms with E-state index in [9.17, 15) is 9.59 Å². The first kappa shape index (κ1) is 14.1. The Kier molecular flexibility index (Phi) is 6.94. The smallest absolute Gasteiger partial charge is 0.315 e. The summed E-state index contributed by atoms with van der Waals surface area (Å²) in [7, 11) is 0. The van der Waals surface area contributed by atoms with Crippen LogP contribution >= 0.6 is 11.8 Å². The van der Waals surface area contributed by atoms with Gasteiger partial charge in [-0.2, -0.15) is 11.8 Å². The fourth-order valence-electron chi connectivity index (χ4n) is 0.900. The first-order chi connectivity index (χ1) is 6.97. The fraction of sp³-hybridized carbons (Fsp3) is 0.778. The quantitative estimate of drug-likeness (QED) is 0.634. The van der Waals surface area contributed by atoms with Crippen molar-refractivity contribution in [2.24, 2.45) is 5.92 Å². The number of nitrogens with one attached hydrogen (secondary N) is 2. The predicted octanol–water partition coefficient (Wildman–Crippen LogP) is 0.758. The van der Waals surface area contributed by atoms with Gasteiger partial charge < -0.3 is 15.7 Å². The number of rotatable bonds is 6. The molecule has 0 aromatic rings. The van der Waals surface area contributed by atoms with Crippen LogP contribution < -0.4 is 10.6 Å². The third kappa shape index (κ3) is 7.07. The molecule has 2 amide bonds. The number of amides is 2. The van der Waals surface area contributed by atoms with Gasteiger partial charge in [0, 0.05) is 18.3 Å². The van der Waals surface area contributed by atoms with Crippen molar-refractivity contribution in [3.8, 4) is 0 Å². The number of hydrogen-bond acceptors (Lipinski definition) is 3. The van der Waals surface area contributed by atoms with Crippen LogP contribution in [0.3, 0.4) is 0 Å². The number of carboxylic acids is 1. The summed E-state index contributed by atoms with van der Waals surface area (Å²) in [5, 5.41) is 13.8. The number of aliphatic carboxylic acids is 1. The normalized spacial score (nSPS) is 14.1. The lowest BCUT2D eigenvalue weighted by molar-refractivity contribution is -0.140. The van der Waals surface area contributed by atoms with E-state index in [1.807, 2.05) is 13.2 Å². The minimum absolute atomic E-state index is 0.0835. The van der Waals surface area contributed by atoms with Crippen molar-refractivity contribution in [3.63, 3.8) is 0 Å². The van der Waals surface area contributed by atoms with E-state index in [1.54, 1.807) is 18.7 Å². The highest BCUT2D eigenvalue weighted by Crippen LogP contribution is 1.96. The molecule has 0 aliphatic rings. The molecule has 15 heavy (non-hydrogen) atoms. The average Bonchev–Trinajstić information content (AvgIpc) is 2.14. The molecule has 0 saturated carbocycles. The van der Waals surface area contributed by atoms with Gasteiger partial charge in [0.25, 0.3) is 0 Å². The monoisotopic (exact) mass is 234 g/mol. The highest BCUT2D eigenvalue weighted by Gasteiger charge is 2.12. The molecule has 0 heterocycles. The molecule has 5 nitrogen and oxygen atoms in total. The topological polar surface area (TPSA) is 78.4 Å². The van der Waals surface area contributed by atoms with Crippen LogP contribution in [-0.2, 0) is 4.79 Å². The van der Waals surface area contributed by atoms with Crippen LogP contribution in [0.1, 0.15) is 13.8 Å². The van der Waals surface area contributed by atoms with Crippen molar-refractivity contribution < 1.29 is 14.7 Å². The lowest BCUT2D eigenvalue weighted by atomic mass is 10.2. The van der Waals surface area contributed by atoms with Crippen molar-refractivity contribution in [1.29, 1.82) is 0 Å². The summed E-state index contributed by atoms with van der Waals surface area (Å²) >= 11 is 1.64. The Labute approximate surface area is 94.0 Å². The fourth-order valence-corrected chi connectivity index (χ4v) is 1.48. The van der Waals surface area contributed by atoms with E-state index in [-0.39, 0.29) is 18.6 Å². The first-order valence-electron chi connectivity index (χ1n) is 4.73. The zero-order valence-electron chi connectivity index (χ0n) is 9.24. The van der Waals surface area contributed by atoms with Crippen LogP contribution in [0.15, 0.2) is 0 Å². The second-order valence-electron chi connectivity index (χ2n) is 3.45. The van der Waals surface area contributed by atoms with Gasteiger partial charge in [-0.3, -0.25) is 4.79 Å². The molecule has 0 aliphatic carbocycles. The molecule has 88 valence electrons. The van der Waals surface area contributed by atoms with Crippen LogP contribution in [0.25, 0.3) is 0 Å². The average molecular weight is 234 g/mol. The van der Waals surface area contributed by atoms with Gasteiger partial charge in [-0.1, -0.05) is 6.92 Å². The standard InChI is InChI=1S/C9H18N2O3S/c1-6(8(12)13)4-10-9(14)11-7(2)5-15-3/h6-7H,4-5H2,1-3H3,(H,12,13)(H2,10,11,14). The molecular weight excluding hydrogens is 216 g/mol. The summed E-state index contributed by atoms with van der Waals surface area (Å²) in [5.74, 6) is -0.638. The first-order valence-corrected chi connectivity index (χ1v) is 6.12. The summed E-state index contributed by atoms with van der Waals surface area (Å²) in [6.07, 6.45) is 1.96. The van der Waals surface area contributed by atoms with Gasteiger partial charge >= 0.3 is 12.0 Å². The zero-order chi connectivity index (χ0) is 11.8. The van der Waals surface area contributed by atoms with Crippen molar-refractivity contribution in [2.75, 3.05) is 18.6 Å². The molecule has 2 atom stereocenters. The summed E-state index contributed by atoms with van der Waals surface area (Å²) in [6, 6.07) is -0.232. The van der Waals surface area contributed by atoms with Crippen LogP contribution in [0.5, 0.6) is 0 Å². The largest absolute Gasteiger partial charge is 0.481 e. The van der Waals surface area contributed by atoms with Gasteiger partial charge in [0.15, 0.2) is 0 Å². The molecule has 2 unspecified atom stereocenters. The Morgan fingerprint density at radius 2 is 2.00 bits per heavy atom. The number of thioether (sulfide) groups is 1. The maximum Gasteiger partial charge on any atom is 0.315 e. The van der Waals surface area contributed by atoms with E-state index in [1.165, 1.54) is 0 Å². The van der Waals surface area contributed by atoms with Gasteiger partial charge in [0.2, 0.25) is 0 Å². The van der Waals surface area contributed by atoms with E-state index in [0.717, 1.165) is 5.75 Å². The number of carbonyl (C=O) groups excluding carboxylic acids is 1. The van der Waals surface area contributed by atoms with Crippen LogP contribution in [0, 0.1) is 5.92 Å². The molecule has 3 N–H and O–H groups in total. The maximum atomic E-state index is 11.2. The van der Waals surface area contributed by atoms with E-state index in [4.69, 9.17) is 5.11 Å². The van der Waals surface area contributed by atoms with Crippen LogP contribution in [0.2, 0.25) is 0 Å². The summed E-state index contributed by atoms with van der Waals surface area (Å²) in [6.45, 7) is 3.60. The third-order valence-electron chi connectivity index (χ3n) is 1.78. The Balaban J connectivity index is 3.70. The number of carbonyl (C=O) groups is 2. The summed E-state index contributed by atoms with van der Waals surface area (Å²) < 4.78 is 0. The molecule has 0 aromatic carbocycles. The van der Waals surface area contributed by atoms with E-state index in [2.05, 4.69) is 10.6 Å². The van der Waals surface area contributed by atoms with Crippen molar-refractivity contribution in [2.45, 2.75) is 19.9 Å². The molecule has 0 rings (SSSR count). The highest BCUT2D eigenvalue weighted by atomic mass is 32.2. The van der Waals surface area contributed by atoms with E-state index < -0.39 is 11.9 Å². The summed E-state index contributed by atoms with van der Waals surface area (Å²) in [4.78, 5) is 21.7. The number of hydrogen-bond donors (Lipinski definition) is 3. The Hall–Kier alpha value is -0.910. The molecule has 0 bridgehead atoms. The predicted molar refractivity (Wildman–Crippen MR) is 61.2 cm³/mol. The van der Waals surface area contributed by atoms with Crippen molar-refractivity contribution >= 4 is 23.8 Å². The van der Waals surface area contributed by atoms with Crippen LogP contribution in [-0.4, -0.2) is 41.7 Å². The molecule has 0 radical (unpaired) electrons. The second kappa shape index (κ2) is 7.39. The van der Waals surface area contributed by atoms with Gasteiger partial charge in [0.05, 0.1) is 5.92 Å². The lowest BCUT2D eigenvalue weighted by Gasteiger charge is -2.14. The zero-order valence-corrected chi connectivity index (χ0v) is 10.1. The molecule has 0 fully saturated rings. The maximum absolute atomic E-state index is 11.2. The molecule has 0 aromatic heterocycles. The van der Waals surface area contributed by atoms with Gasteiger partial charge in [0.1, 0.15) is 0 Å². The molecular formula is C9H18N2O3S. The van der Waals surface area contributed by atoms with Gasteiger partial charge in [-0.15, -0.1) is 0 Å². The van der Waals surface area contributed by atoms with Crippen molar-refractivity contribution in [3.05, 3.63) is 0 Å². The number of urea groups is 1. The third-order valence-corrected chi connectivity index (χ3v) is 2.62. The summed E-state index contributed by atoms with van der Waals surface area (Å²) in [5.41, 5.74) is 0.